The molecule has 1 aliphatic heterocycles. The molecular weight excluding hydrogens is 216 g/mol. The van der Waals surface area contributed by atoms with E-state index in [9.17, 15) is 0 Å². The summed E-state index contributed by atoms with van der Waals surface area (Å²) in [6, 6.07) is 2.11. The molecule has 1 aromatic rings. The third-order valence-electron chi connectivity index (χ3n) is 3.09. The van der Waals surface area contributed by atoms with Gasteiger partial charge in [-0.25, -0.2) is 4.98 Å². The van der Waals surface area contributed by atoms with Gasteiger partial charge in [-0.2, -0.15) is 4.98 Å². The molecule has 5 heteroatoms. The van der Waals surface area contributed by atoms with Crippen molar-refractivity contribution < 1.29 is 4.74 Å². The van der Waals surface area contributed by atoms with Gasteiger partial charge in [0.15, 0.2) is 0 Å². The van der Waals surface area contributed by atoms with E-state index >= 15 is 0 Å². The van der Waals surface area contributed by atoms with Gasteiger partial charge in [0.1, 0.15) is 11.6 Å². The fourth-order valence-corrected chi connectivity index (χ4v) is 2.09. The highest BCUT2D eigenvalue weighted by molar-refractivity contribution is 5.43. The van der Waals surface area contributed by atoms with Crippen LogP contribution in [0.1, 0.15) is 19.7 Å². The van der Waals surface area contributed by atoms with Gasteiger partial charge in [0, 0.05) is 25.2 Å². The summed E-state index contributed by atoms with van der Waals surface area (Å²) in [5.41, 5.74) is 6.02. The number of hydrogen-bond donors (Lipinski definition) is 1. The topological polar surface area (TPSA) is 64.3 Å². The van der Waals surface area contributed by atoms with Crippen molar-refractivity contribution in [2.45, 2.75) is 26.8 Å². The van der Waals surface area contributed by atoms with Gasteiger partial charge in [0.05, 0.1) is 6.61 Å². The molecule has 1 aliphatic rings. The Hall–Kier alpha value is -1.36. The van der Waals surface area contributed by atoms with E-state index in [1.807, 2.05) is 19.9 Å². The van der Waals surface area contributed by atoms with Crippen LogP contribution in [-0.2, 0) is 0 Å². The maximum atomic E-state index is 6.02. The van der Waals surface area contributed by atoms with Crippen molar-refractivity contribution in [1.29, 1.82) is 0 Å². The van der Waals surface area contributed by atoms with Gasteiger partial charge in [0.25, 0.3) is 0 Å². The minimum Gasteiger partial charge on any atom is -0.478 e. The highest BCUT2D eigenvalue weighted by Gasteiger charge is 2.27. The fraction of sp³-hybridized carbons (Fsp3) is 0.667. The van der Waals surface area contributed by atoms with Crippen molar-refractivity contribution in [3.05, 3.63) is 11.9 Å². The second kappa shape index (κ2) is 4.87. The Bertz CT molecular complexity index is 386. The van der Waals surface area contributed by atoms with Gasteiger partial charge in [0.2, 0.25) is 5.88 Å². The van der Waals surface area contributed by atoms with Gasteiger partial charge >= 0.3 is 0 Å². The molecule has 0 bridgehead atoms. The van der Waals surface area contributed by atoms with E-state index in [0.717, 1.165) is 24.7 Å². The summed E-state index contributed by atoms with van der Waals surface area (Å²) in [6.45, 7) is 8.41. The molecule has 2 heterocycles. The van der Waals surface area contributed by atoms with Gasteiger partial charge in [-0.3, -0.25) is 0 Å². The third kappa shape index (κ3) is 2.66. The van der Waals surface area contributed by atoms with Gasteiger partial charge in [-0.05, 0) is 19.8 Å². The first kappa shape index (κ1) is 12.1. The van der Waals surface area contributed by atoms with E-state index in [4.69, 9.17) is 10.5 Å². The zero-order valence-electron chi connectivity index (χ0n) is 10.7. The van der Waals surface area contributed by atoms with Crippen molar-refractivity contribution in [1.82, 2.24) is 9.97 Å². The summed E-state index contributed by atoms with van der Waals surface area (Å²) in [5, 5.41) is 0. The van der Waals surface area contributed by atoms with Crippen molar-refractivity contribution >= 4 is 5.82 Å². The number of hydrogen-bond acceptors (Lipinski definition) is 5. The highest BCUT2D eigenvalue weighted by Crippen LogP contribution is 2.23. The molecule has 1 aromatic heterocycles. The normalized spacial score (nSPS) is 24.1. The summed E-state index contributed by atoms with van der Waals surface area (Å²) in [5.74, 6) is 2.80. The van der Waals surface area contributed by atoms with E-state index in [1.165, 1.54) is 0 Å². The summed E-state index contributed by atoms with van der Waals surface area (Å²) >= 11 is 0. The van der Waals surface area contributed by atoms with Crippen molar-refractivity contribution in [2.24, 2.45) is 11.7 Å². The first-order valence-electron chi connectivity index (χ1n) is 6.09. The van der Waals surface area contributed by atoms with Gasteiger partial charge < -0.3 is 15.4 Å². The molecule has 1 saturated heterocycles. The maximum Gasteiger partial charge on any atom is 0.218 e. The number of anilines is 1. The number of nitrogens with two attached hydrogens (primary N) is 1. The van der Waals surface area contributed by atoms with Crippen LogP contribution in [-0.4, -0.2) is 35.7 Å². The lowest BCUT2D eigenvalue weighted by Crippen LogP contribution is -2.28. The summed E-state index contributed by atoms with van der Waals surface area (Å²) in [7, 11) is 0. The molecule has 1 fully saturated rings. The van der Waals surface area contributed by atoms with Crippen LogP contribution >= 0.6 is 0 Å². The van der Waals surface area contributed by atoms with E-state index in [1.54, 1.807) is 0 Å². The maximum absolute atomic E-state index is 6.02. The molecule has 0 aliphatic carbocycles. The lowest BCUT2D eigenvalue weighted by molar-refractivity contribution is 0.325. The number of aromatic nitrogens is 2. The molecule has 0 saturated carbocycles. The smallest absolute Gasteiger partial charge is 0.218 e. The monoisotopic (exact) mass is 236 g/mol. The number of aryl methyl sites for hydroxylation is 1. The lowest BCUT2D eigenvalue weighted by Gasteiger charge is -2.18. The van der Waals surface area contributed by atoms with Crippen molar-refractivity contribution in [3.8, 4) is 5.88 Å². The summed E-state index contributed by atoms with van der Waals surface area (Å²) in [4.78, 5) is 10.9. The molecule has 0 aromatic carbocycles. The molecule has 2 unspecified atom stereocenters. The van der Waals surface area contributed by atoms with Crippen LogP contribution < -0.4 is 15.4 Å². The van der Waals surface area contributed by atoms with E-state index in [-0.39, 0.29) is 6.04 Å². The van der Waals surface area contributed by atoms with Crippen LogP contribution in [0.2, 0.25) is 0 Å². The molecule has 0 spiro atoms. The zero-order chi connectivity index (χ0) is 12.4. The largest absolute Gasteiger partial charge is 0.478 e. The van der Waals surface area contributed by atoms with Crippen LogP contribution in [0.4, 0.5) is 5.82 Å². The first-order valence-corrected chi connectivity index (χ1v) is 6.09. The van der Waals surface area contributed by atoms with Crippen LogP contribution in [0.15, 0.2) is 6.07 Å². The summed E-state index contributed by atoms with van der Waals surface area (Å²) < 4.78 is 5.43. The standard InChI is InChI=1S/C12H20N4O/c1-4-17-12-5-11(14-9(3)15-12)16-6-8(2)10(13)7-16/h5,8,10H,4,6-7,13H2,1-3H3. The average Bonchev–Trinajstić information content (AvgIpc) is 2.59. The Balaban J connectivity index is 2.20. The molecule has 2 rings (SSSR count). The van der Waals surface area contributed by atoms with Crippen molar-refractivity contribution in [2.75, 3.05) is 24.6 Å². The fourth-order valence-electron chi connectivity index (χ4n) is 2.09. The van der Waals surface area contributed by atoms with E-state index < -0.39 is 0 Å². The molecular formula is C12H20N4O. The van der Waals surface area contributed by atoms with Crippen LogP contribution in [0.5, 0.6) is 5.88 Å². The second-order valence-corrected chi connectivity index (χ2v) is 4.59. The lowest BCUT2D eigenvalue weighted by atomic mass is 10.1. The Morgan fingerprint density at radius 2 is 2.24 bits per heavy atom. The quantitative estimate of drug-likeness (QED) is 0.847. The predicted molar refractivity (Wildman–Crippen MR) is 67.3 cm³/mol. The summed E-state index contributed by atoms with van der Waals surface area (Å²) in [6.07, 6.45) is 0. The van der Waals surface area contributed by atoms with Gasteiger partial charge in [-0.1, -0.05) is 6.92 Å². The average molecular weight is 236 g/mol. The predicted octanol–water partition coefficient (Wildman–Crippen LogP) is 0.967. The molecule has 94 valence electrons. The van der Waals surface area contributed by atoms with Crippen LogP contribution in [0.3, 0.4) is 0 Å². The third-order valence-corrected chi connectivity index (χ3v) is 3.09. The number of ether oxygens (including phenoxy) is 1. The molecule has 2 atom stereocenters. The second-order valence-electron chi connectivity index (χ2n) is 4.59. The number of rotatable bonds is 3. The first-order chi connectivity index (χ1) is 8.10. The zero-order valence-corrected chi connectivity index (χ0v) is 10.7. The van der Waals surface area contributed by atoms with Crippen LogP contribution in [0.25, 0.3) is 0 Å². The molecule has 0 amide bonds. The minimum absolute atomic E-state index is 0.223. The molecule has 0 radical (unpaired) electrons. The molecule has 2 N–H and O–H groups in total. The highest BCUT2D eigenvalue weighted by atomic mass is 16.5. The SMILES string of the molecule is CCOc1cc(N2CC(C)C(N)C2)nc(C)n1. The minimum atomic E-state index is 0.223. The molecule has 5 nitrogen and oxygen atoms in total. The number of nitrogens with zero attached hydrogens (tertiary/aromatic N) is 3. The Morgan fingerprint density at radius 1 is 1.47 bits per heavy atom. The van der Waals surface area contributed by atoms with E-state index in [0.29, 0.717) is 18.4 Å². The Kier molecular flexibility index (Phi) is 3.47. The molecule has 17 heavy (non-hydrogen) atoms. The Labute approximate surface area is 102 Å². The van der Waals surface area contributed by atoms with Crippen molar-refractivity contribution in [3.63, 3.8) is 0 Å². The van der Waals surface area contributed by atoms with Gasteiger partial charge in [-0.15, -0.1) is 0 Å². The van der Waals surface area contributed by atoms with E-state index in [2.05, 4.69) is 21.8 Å². The van der Waals surface area contributed by atoms with Crippen LogP contribution in [0, 0.1) is 12.8 Å². The Morgan fingerprint density at radius 3 is 2.82 bits per heavy atom.